The van der Waals surface area contributed by atoms with E-state index in [0.29, 0.717) is 18.8 Å². The van der Waals surface area contributed by atoms with Crippen LogP contribution in [0.3, 0.4) is 0 Å². The van der Waals surface area contributed by atoms with Gasteiger partial charge in [-0.25, -0.2) is 8.42 Å². The van der Waals surface area contributed by atoms with Crippen LogP contribution in [-0.4, -0.2) is 37.2 Å². The molecule has 0 unspecified atom stereocenters. The average Bonchev–Trinajstić information content (AvgIpc) is 2.75. The smallest absolute Gasteiger partial charge is 0.256 e. The zero-order valence-electron chi connectivity index (χ0n) is 13.6. The van der Waals surface area contributed by atoms with Crippen LogP contribution < -0.4 is 0 Å². The molecule has 1 aromatic rings. The molecule has 0 saturated heterocycles. The summed E-state index contributed by atoms with van der Waals surface area (Å²) in [7, 11) is -3.42. The van der Waals surface area contributed by atoms with Crippen LogP contribution >= 0.6 is 0 Å². The third kappa shape index (κ3) is 2.33. The standard InChI is InChI=1S/C18H18N2O3S/c1-18(2)11-13-10-12(5-6-14(13)16(18)21)15-4-3-7-20-8-9-24(22,23)19-17(15)20/h3-7,10H,8-9,11H2,1-2H3. The number of carbonyl (C=O) groups excluding carboxylic acids is 1. The van der Waals surface area contributed by atoms with Crippen molar-refractivity contribution in [3.8, 4) is 0 Å². The molecule has 6 heteroatoms. The minimum Gasteiger partial charge on any atom is -0.331 e. The number of fused-ring (bicyclic) bond motifs is 2. The zero-order chi connectivity index (χ0) is 17.1. The number of hydrogen-bond donors (Lipinski definition) is 0. The number of benzene rings is 1. The number of hydrogen-bond acceptors (Lipinski definition) is 4. The first-order valence-corrected chi connectivity index (χ1v) is 9.54. The Morgan fingerprint density at radius 3 is 2.83 bits per heavy atom. The highest BCUT2D eigenvalue weighted by molar-refractivity contribution is 7.90. The van der Waals surface area contributed by atoms with Crippen LogP contribution in [0.4, 0.5) is 0 Å². The van der Waals surface area contributed by atoms with Crippen molar-refractivity contribution in [3.63, 3.8) is 0 Å². The molecule has 1 aromatic carbocycles. The van der Waals surface area contributed by atoms with E-state index in [1.54, 1.807) is 0 Å². The summed E-state index contributed by atoms with van der Waals surface area (Å²) in [4.78, 5) is 14.2. The summed E-state index contributed by atoms with van der Waals surface area (Å²) in [6.45, 7) is 4.32. The van der Waals surface area contributed by atoms with Gasteiger partial charge in [-0.3, -0.25) is 4.79 Å². The molecule has 0 aromatic heterocycles. The fraction of sp³-hybridized carbons (Fsp3) is 0.333. The minimum atomic E-state index is -3.42. The molecule has 0 amide bonds. The Labute approximate surface area is 141 Å². The number of rotatable bonds is 1. The second-order valence-electron chi connectivity index (χ2n) is 7.08. The Bertz CT molecular complexity index is 952. The van der Waals surface area contributed by atoms with Gasteiger partial charge in [0.15, 0.2) is 11.6 Å². The number of sulfonamides is 1. The summed E-state index contributed by atoms with van der Waals surface area (Å²) in [5.41, 5.74) is 3.08. The lowest BCUT2D eigenvalue weighted by Gasteiger charge is -2.29. The van der Waals surface area contributed by atoms with Crippen LogP contribution in [-0.2, 0) is 16.4 Å². The van der Waals surface area contributed by atoms with Crippen molar-refractivity contribution in [2.24, 2.45) is 9.81 Å². The Hall–Kier alpha value is -2.21. The maximum absolute atomic E-state index is 12.4. The van der Waals surface area contributed by atoms with Gasteiger partial charge in [-0.2, -0.15) is 0 Å². The molecule has 0 N–H and O–H groups in total. The van der Waals surface area contributed by atoms with E-state index in [4.69, 9.17) is 0 Å². The maximum atomic E-state index is 12.4. The Kier molecular flexibility index (Phi) is 3.12. The number of amidine groups is 1. The summed E-state index contributed by atoms with van der Waals surface area (Å²) in [6, 6.07) is 5.73. The molecule has 24 heavy (non-hydrogen) atoms. The third-order valence-corrected chi connectivity index (χ3v) is 5.92. The number of carbonyl (C=O) groups is 1. The van der Waals surface area contributed by atoms with Gasteiger partial charge in [-0.15, -0.1) is 4.40 Å². The van der Waals surface area contributed by atoms with Crippen molar-refractivity contribution in [1.82, 2.24) is 4.90 Å². The predicted octanol–water partition coefficient (Wildman–Crippen LogP) is 2.41. The molecule has 0 spiro atoms. The average molecular weight is 342 g/mol. The molecule has 1 aliphatic carbocycles. The number of Topliss-reactive ketones (excluding diaryl/α,β-unsaturated/α-hetero) is 1. The highest BCUT2D eigenvalue weighted by Gasteiger charge is 2.37. The van der Waals surface area contributed by atoms with Crippen LogP contribution in [0.5, 0.6) is 0 Å². The summed E-state index contributed by atoms with van der Waals surface area (Å²) < 4.78 is 27.7. The molecule has 2 heterocycles. The van der Waals surface area contributed by atoms with Gasteiger partial charge in [0, 0.05) is 29.3 Å². The lowest BCUT2D eigenvalue weighted by molar-refractivity contribution is 0.0863. The van der Waals surface area contributed by atoms with Gasteiger partial charge in [0.2, 0.25) is 0 Å². The van der Waals surface area contributed by atoms with Crippen molar-refractivity contribution in [1.29, 1.82) is 0 Å². The monoisotopic (exact) mass is 342 g/mol. The van der Waals surface area contributed by atoms with Gasteiger partial charge in [0.25, 0.3) is 10.0 Å². The lowest BCUT2D eigenvalue weighted by Crippen LogP contribution is -2.37. The molecular weight excluding hydrogens is 324 g/mol. The normalized spacial score (nSPS) is 23.4. The van der Waals surface area contributed by atoms with Crippen molar-refractivity contribution >= 4 is 27.2 Å². The summed E-state index contributed by atoms with van der Waals surface area (Å²) >= 11 is 0. The molecule has 0 bridgehead atoms. The number of ketones is 1. The van der Waals surface area contributed by atoms with E-state index < -0.39 is 10.0 Å². The first kappa shape index (κ1) is 15.3. The highest BCUT2D eigenvalue weighted by atomic mass is 32.2. The van der Waals surface area contributed by atoms with E-state index >= 15 is 0 Å². The largest absolute Gasteiger partial charge is 0.331 e. The number of allylic oxidation sites excluding steroid dienone is 2. The SMILES string of the molecule is CC1(C)Cc2cc(C3=CC=CN4CCS(=O)(=O)N=C34)ccc2C1=O. The summed E-state index contributed by atoms with van der Waals surface area (Å²) in [6.07, 6.45) is 6.32. The van der Waals surface area contributed by atoms with E-state index in [2.05, 4.69) is 4.40 Å². The second-order valence-corrected chi connectivity index (χ2v) is 8.83. The summed E-state index contributed by atoms with van der Waals surface area (Å²) in [5, 5.41) is 0. The van der Waals surface area contributed by atoms with Gasteiger partial charge in [0.05, 0.1) is 5.75 Å². The molecule has 0 fully saturated rings. The highest BCUT2D eigenvalue weighted by Crippen LogP contribution is 2.38. The topological polar surface area (TPSA) is 66.8 Å². The second kappa shape index (κ2) is 4.89. The molecule has 0 saturated carbocycles. The van der Waals surface area contributed by atoms with Crippen molar-refractivity contribution in [2.75, 3.05) is 12.3 Å². The molecule has 124 valence electrons. The molecule has 2 aliphatic heterocycles. The fourth-order valence-corrected chi connectivity index (χ4v) is 4.48. The van der Waals surface area contributed by atoms with Crippen LogP contribution in [0, 0.1) is 5.41 Å². The fourth-order valence-electron chi connectivity index (χ4n) is 3.49. The molecule has 3 aliphatic rings. The van der Waals surface area contributed by atoms with Crippen molar-refractivity contribution in [2.45, 2.75) is 20.3 Å². The quantitative estimate of drug-likeness (QED) is 0.786. The van der Waals surface area contributed by atoms with Crippen LogP contribution in [0.2, 0.25) is 0 Å². The predicted molar refractivity (Wildman–Crippen MR) is 93.3 cm³/mol. The zero-order valence-corrected chi connectivity index (χ0v) is 14.4. The van der Waals surface area contributed by atoms with E-state index in [1.165, 1.54) is 0 Å². The molecule has 0 atom stereocenters. The van der Waals surface area contributed by atoms with Crippen molar-refractivity contribution in [3.05, 3.63) is 53.2 Å². The number of nitrogens with zero attached hydrogens (tertiary/aromatic N) is 2. The van der Waals surface area contributed by atoms with E-state index in [1.807, 2.05) is 55.3 Å². The first-order valence-electron chi connectivity index (χ1n) is 7.93. The Balaban J connectivity index is 1.80. The van der Waals surface area contributed by atoms with E-state index in [9.17, 15) is 13.2 Å². The van der Waals surface area contributed by atoms with Crippen LogP contribution in [0.15, 0.2) is 40.9 Å². The van der Waals surface area contributed by atoms with Crippen molar-refractivity contribution < 1.29 is 13.2 Å². The van der Waals surface area contributed by atoms with Crippen LogP contribution in [0.25, 0.3) is 5.57 Å². The minimum absolute atomic E-state index is 0.0288. The van der Waals surface area contributed by atoms with E-state index in [0.717, 1.165) is 22.3 Å². The van der Waals surface area contributed by atoms with Gasteiger partial charge >= 0.3 is 0 Å². The molecule has 5 nitrogen and oxygen atoms in total. The molecule has 0 radical (unpaired) electrons. The van der Waals surface area contributed by atoms with Gasteiger partial charge < -0.3 is 4.90 Å². The Morgan fingerprint density at radius 2 is 2.04 bits per heavy atom. The van der Waals surface area contributed by atoms with E-state index in [-0.39, 0.29) is 17.0 Å². The first-order chi connectivity index (χ1) is 11.3. The molecular formula is C18H18N2O3S. The summed E-state index contributed by atoms with van der Waals surface area (Å²) in [5.74, 6) is 0.661. The molecule has 4 rings (SSSR count). The van der Waals surface area contributed by atoms with Crippen LogP contribution in [0.1, 0.15) is 35.3 Å². The van der Waals surface area contributed by atoms with Gasteiger partial charge in [0.1, 0.15) is 0 Å². The third-order valence-electron chi connectivity index (χ3n) is 4.77. The maximum Gasteiger partial charge on any atom is 0.256 e. The lowest BCUT2D eigenvalue weighted by atomic mass is 9.89. The Morgan fingerprint density at radius 1 is 1.25 bits per heavy atom. The van der Waals surface area contributed by atoms with Gasteiger partial charge in [-0.05, 0) is 29.7 Å². The van der Waals surface area contributed by atoms with Gasteiger partial charge in [-0.1, -0.05) is 32.0 Å².